The number of aliphatic hydroxyl groups excluding tert-OH is 7. The number of rotatable bonds is 3. The summed E-state index contributed by atoms with van der Waals surface area (Å²) in [4.78, 5) is 0. The first-order valence-electron chi connectivity index (χ1n) is 17.0. The van der Waals surface area contributed by atoms with Crippen molar-refractivity contribution in [1.82, 2.24) is 0 Å². The van der Waals surface area contributed by atoms with Crippen LogP contribution in [0.4, 0.5) is 0 Å². The number of allylic oxidation sites excluding steroid dienone is 1. The van der Waals surface area contributed by atoms with Crippen molar-refractivity contribution in [2.24, 2.45) is 44.8 Å². The summed E-state index contributed by atoms with van der Waals surface area (Å²) in [6, 6.07) is 0. The summed E-state index contributed by atoms with van der Waals surface area (Å²) in [6.07, 6.45) is -0.568. The Morgan fingerprint density at radius 2 is 1.45 bits per heavy atom. The van der Waals surface area contributed by atoms with Crippen molar-refractivity contribution >= 4 is 0 Å². The van der Waals surface area contributed by atoms with E-state index in [0.717, 1.165) is 25.7 Å². The van der Waals surface area contributed by atoms with Gasteiger partial charge in [-0.2, -0.15) is 0 Å². The average molecular weight is 623 g/mol. The summed E-state index contributed by atoms with van der Waals surface area (Å²) in [5.41, 5.74) is -0.959. The Labute approximate surface area is 262 Å². The van der Waals surface area contributed by atoms with Crippen molar-refractivity contribution in [1.29, 1.82) is 0 Å². The maximum absolute atomic E-state index is 12.2. The average Bonchev–Trinajstić information content (AvgIpc) is 2.95. The highest BCUT2D eigenvalue weighted by molar-refractivity contribution is 5.36. The van der Waals surface area contributed by atoms with Gasteiger partial charge in [-0.1, -0.05) is 60.1 Å². The molecular formula is C35H58O9. The Balaban J connectivity index is 1.41. The molecule has 1 heterocycles. The van der Waals surface area contributed by atoms with Gasteiger partial charge in [0.1, 0.15) is 24.4 Å². The predicted octanol–water partition coefficient (Wildman–Crippen LogP) is 2.66. The monoisotopic (exact) mass is 622 g/mol. The van der Waals surface area contributed by atoms with Gasteiger partial charge in [-0.15, -0.1) is 0 Å². The molecule has 5 aliphatic carbocycles. The van der Waals surface area contributed by atoms with E-state index in [0.29, 0.717) is 25.7 Å². The molecule has 6 aliphatic rings. The van der Waals surface area contributed by atoms with Crippen molar-refractivity contribution in [3.05, 3.63) is 11.6 Å². The van der Waals surface area contributed by atoms with Gasteiger partial charge in [-0.05, 0) is 90.3 Å². The number of hydrogen-bond donors (Lipinski definition) is 7. The molecule has 0 aromatic heterocycles. The molecule has 1 aliphatic heterocycles. The molecule has 0 aromatic carbocycles. The SMILES string of the molecule is CC1(C)CC[C@]2(O[C@@H]3O[C@H](CO)[C@@H](O)[C@H](O)[C@H]3O)CC[C@]3(C)C(=CC[C@@H]4[C@@]5(C)C[C@@H](O)C(O)C(C)(C)[C@@H]5CC[C@]43C)[C@@H]2[C@@H]1O. The van der Waals surface area contributed by atoms with Crippen molar-refractivity contribution in [3.8, 4) is 0 Å². The first-order chi connectivity index (χ1) is 20.3. The zero-order valence-electron chi connectivity index (χ0n) is 27.7. The van der Waals surface area contributed by atoms with E-state index < -0.39 is 66.6 Å². The lowest BCUT2D eigenvalue weighted by Gasteiger charge is -2.72. The van der Waals surface area contributed by atoms with Crippen molar-refractivity contribution < 1.29 is 45.2 Å². The fourth-order valence-corrected chi connectivity index (χ4v) is 11.9. The molecule has 15 atom stereocenters. The third kappa shape index (κ3) is 4.29. The fraction of sp³-hybridized carbons (Fsp3) is 0.943. The smallest absolute Gasteiger partial charge is 0.187 e. The molecule has 7 N–H and O–H groups in total. The summed E-state index contributed by atoms with van der Waals surface area (Å²) in [6.45, 7) is 15.0. The molecule has 0 bridgehead atoms. The van der Waals surface area contributed by atoms with Gasteiger partial charge in [0.05, 0.1) is 30.5 Å². The van der Waals surface area contributed by atoms with Crippen molar-refractivity contribution in [2.45, 2.75) is 154 Å². The van der Waals surface area contributed by atoms with Gasteiger partial charge in [0.25, 0.3) is 0 Å². The van der Waals surface area contributed by atoms with Crippen LogP contribution in [0.2, 0.25) is 0 Å². The van der Waals surface area contributed by atoms with Gasteiger partial charge < -0.3 is 45.2 Å². The summed E-state index contributed by atoms with van der Waals surface area (Å²) in [7, 11) is 0. The summed E-state index contributed by atoms with van der Waals surface area (Å²) >= 11 is 0. The molecule has 0 spiro atoms. The van der Waals surface area contributed by atoms with E-state index in [9.17, 15) is 35.7 Å². The van der Waals surface area contributed by atoms with Gasteiger partial charge in [0, 0.05) is 5.92 Å². The highest BCUT2D eigenvalue weighted by atomic mass is 16.7. The van der Waals surface area contributed by atoms with Crippen LogP contribution in [-0.2, 0) is 9.47 Å². The Bertz CT molecular complexity index is 1150. The minimum Gasteiger partial charge on any atom is -0.394 e. The number of aliphatic hydroxyl groups is 7. The highest BCUT2D eigenvalue weighted by Crippen LogP contribution is 2.75. The molecule has 5 fully saturated rings. The van der Waals surface area contributed by atoms with Crippen LogP contribution in [-0.4, -0.2) is 97.0 Å². The van der Waals surface area contributed by atoms with Crippen molar-refractivity contribution in [3.63, 3.8) is 0 Å². The normalized spacial score (nSPS) is 56.4. The molecule has 0 radical (unpaired) electrons. The van der Waals surface area contributed by atoms with E-state index in [1.807, 2.05) is 0 Å². The molecule has 0 aromatic rings. The second-order valence-corrected chi connectivity index (χ2v) is 17.6. The van der Waals surface area contributed by atoms with Crippen LogP contribution < -0.4 is 0 Å². The van der Waals surface area contributed by atoms with E-state index in [-0.39, 0.29) is 39.4 Å². The van der Waals surface area contributed by atoms with Gasteiger partial charge >= 0.3 is 0 Å². The standard InChI is InChI=1S/C35H58O9/c1-30(2)12-14-35(44-29-26(40)25(39)24(38)20(17-36)43-29)15-13-33(6)18(23(35)28(30)42)8-9-22-32(5)16-19(37)27(41)31(3,4)21(32)10-11-34(22,33)7/h8,19-29,36-42H,9-17H2,1-7H3/t19-,20-,21+,22-,23-,24-,25+,26-,27?,28+,29+,32+,33-,34-,35+/m1/s1. The molecule has 44 heavy (non-hydrogen) atoms. The van der Waals surface area contributed by atoms with Gasteiger partial charge in [0.2, 0.25) is 0 Å². The van der Waals surface area contributed by atoms with Gasteiger partial charge in [-0.3, -0.25) is 0 Å². The zero-order chi connectivity index (χ0) is 32.4. The number of fused-ring (bicyclic) bond motifs is 7. The minimum atomic E-state index is -1.53. The van der Waals surface area contributed by atoms with Gasteiger partial charge in [0.15, 0.2) is 6.29 Å². The largest absolute Gasteiger partial charge is 0.394 e. The number of ether oxygens (including phenoxy) is 2. The van der Waals surface area contributed by atoms with Crippen LogP contribution in [0.5, 0.6) is 0 Å². The lowest BCUT2D eigenvalue weighted by atomic mass is 9.34. The van der Waals surface area contributed by atoms with Crippen LogP contribution >= 0.6 is 0 Å². The van der Waals surface area contributed by atoms with E-state index in [1.165, 1.54) is 5.57 Å². The van der Waals surface area contributed by atoms with Crippen LogP contribution in [0.3, 0.4) is 0 Å². The second-order valence-electron chi connectivity index (χ2n) is 17.6. The first kappa shape index (κ1) is 33.3. The molecule has 9 nitrogen and oxygen atoms in total. The molecule has 1 unspecified atom stereocenters. The summed E-state index contributed by atoms with van der Waals surface area (Å²) in [5.74, 6) is 0.203. The molecular weight excluding hydrogens is 564 g/mol. The Morgan fingerprint density at radius 3 is 2.11 bits per heavy atom. The van der Waals surface area contributed by atoms with Crippen molar-refractivity contribution in [2.75, 3.05) is 6.61 Å². The molecule has 4 saturated carbocycles. The van der Waals surface area contributed by atoms with E-state index in [1.54, 1.807) is 0 Å². The van der Waals surface area contributed by atoms with Crippen LogP contribution in [0.1, 0.15) is 99.8 Å². The molecule has 6 rings (SSSR count). The van der Waals surface area contributed by atoms with E-state index >= 15 is 0 Å². The van der Waals surface area contributed by atoms with Crippen LogP contribution in [0.25, 0.3) is 0 Å². The lowest BCUT2D eigenvalue weighted by molar-refractivity contribution is -0.347. The van der Waals surface area contributed by atoms with E-state index in [2.05, 4.69) is 54.5 Å². The highest BCUT2D eigenvalue weighted by Gasteiger charge is 2.71. The molecule has 1 saturated heterocycles. The lowest BCUT2D eigenvalue weighted by Crippen LogP contribution is -2.69. The third-order valence-electron chi connectivity index (χ3n) is 14.9. The Kier molecular flexibility index (Phi) is 7.90. The quantitative estimate of drug-likeness (QED) is 0.235. The summed E-state index contributed by atoms with van der Waals surface area (Å²) in [5, 5.41) is 76.0. The molecule has 252 valence electrons. The fourth-order valence-electron chi connectivity index (χ4n) is 11.9. The maximum Gasteiger partial charge on any atom is 0.187 e. The molecule has 0 amide bonds. The van der Waals surface area contributed by atoms with Gasteiger partial charge in [-0.25, -0.2) is 0 Å². The summed E-state index contributed by atoms with van der Waals surface area (Å²) < 4.78 is 12.6. The van der Waals surface area contributed by atoms with Crippen LogP contribution in [0, 0.1) is 44.8 Å². The Morgan fingerprint density at radius 1 is 0.795 bits per heavy atom. The molecule has 9 heteroatoms. The second kappa shape index (κ2) is 10.4. The zero-order valence-corrected chi connectivity index (χ0v) is 27.7. The predicted molar refractivity (Wildman–Crippen MR) is 163 cm³/mol. The Hall–Kier alpha value is -0.620. The minimum absolute atomic E-state index is 0.114. The van der Waals surface area contributed by atoms with E-state index in [4.69, 9.17) is 9.47 Å². The number of hydrogen-bond acceptors (Lipinski definition) is 9. The maximum atomic E-state index is 12.2. The topological polar surface area (TPSA) is 160 Å². The first-order valence-corrected chi connectivity index (χ1v) is 17.0. The van der Waals surface area contributed by atoms with Crippen LogP contribution in [0.15, 0.2) is 11.6 Å². The third-order valence-corrected chi connectivity index (χ3v) is 14.9.